The highest BCUT2D eigenvalue weighted by molar-refractivity contribution is 7.99. The fourth-order valence-electron chi connectivity index (χ4n) is 2.66. The van der Waals surface area contributed by atoms with Crippen LogP contribution < -0.4 is 0 Å². The average Bonchev–Trinajstić information content (AvgIpc) is 2.59. The van der Waals surface area contributed by atoms with Crippen LogP contribution in [0.2, 0.25) is 0 Å². The molecule has 0 N–H and O–H groups in total. The number of nitro groups is 2. The van der Waals surface area contributed by atoms with Gasteiger partial charge in [-0.3, -0.25) is 20.2 Å². The molecule has 0 amide bonds. The Morgan fingerprint density at radius 1 is 0.840 bits per heavy atom. The lowest BCUT2D eigenvalue weighted by Gasteiger charge is -2.04. The first-order chi connectivity index (χ1) is 12.1. The molecular formula is C18H28N2O4S. The number of nitro benzene ring substituents is 2. The summed E-state index contributed by atoms with van der Waals surface area (Å²) in [6.07, 6.45) is 12.5. The predicted octanol–water partition coefficient (Wildman–Crippen LogP) is 6.52. The molecule has 0 heterocycles. The highest BCUT2D eigenvalue weighted by atomic mass is 32.2. The lowest BCUT2D eigenvalue weighted by Crippen LogP contribution is -1.95. The molecule has 1 aromatic rings. The van der Waals surface area contributed by atoms with Gasteiger partial charge in [-0.1, -0.05) is 64.7 Å². The van der Waals surface area contributed by atoms with Crippen LogP contribution in [0.25, 0.3) is 0 Å². The van der Waals surface area contributed by atoms with Gasteiger partial charge in [-0.2, -0.15) is 0 Å². The Morgan fingerprint density at radius 2 is 1.40 bits per heavy atom. The molecule has 0 saturated heterocycles. The fourth-order valence-corrected chi connectivity index (χ4v) is 3.67. The van der Waals surface area contributed by atoms with Crippen LogP contribution in [0.5, 0.6) is 0 Å². The molecule has 0 saturated carbocycles. The minimum atomic E-state index is -0.607. The Kier molecular flexibility index (Phi) is 10.9. The molecule has 0 aromatic heterocycles. The van der Waals surface area contributed by atoms with E-state index in [-0.39, 0.29) is 11.4 Å². The average molecular weight is 368 g/mol. The summed E-state index contributed by atoms with van der Waals surface area (Å²) < 4.78 is 0. The van der Waals surface area contributed by atoms with Gasteiger partial charge in [0.1, 0.15) is 0 Å². The lowest BCUT2D eigenvalue weighted by atomic mass is 10.1. The topological polar surface area (TPSA) is 86.3 Å². The largest absolute Gasteiger partial charge is 0.289 e. The van der Waals surface area contributed by atoms with Gasteiger partial charge in [-0.05, 0) is 18.2 Å². The predicted molar refractivity (Wildman–Crippen MR) is 102 cm³/mol. The summed E-state index contributed by atoms with van der Waals surface area (Å²) in [6, 6.07) is 3.85. The second kappa shape index (κ2) is 12.7. The van der Waals surface area contributed by atoms with E-state index < -0.39 is 9.85 Å². The van der Waals surface area contributed by atoms with Crippen LogP contribution in [0.15, 0.2) is 23.1 Å². The summed E-state index contributed by atoms with van der Waals surface area (Å²) in [7, 11) is 0. The van der Waals surface area contributed by atoms with E-state index in [1.54, 1.807) is 0 Å². The highest BCUT2D eigenvalue weighted by Crippen LogP contribution is 2.33. The summed E-state index contributed by atoms with van der Waals surface area (Å²) in [5.74, 6) is 0.801. The van der Waals surface area contributed by atoms with Gasteiger partial charge in [-0.25, -0.2) is 0 Å². The molecule has 0 unspecified atom stereocenters. The van der Waals surface area contributed by atoms with Crippen molar-refractivity contribution in [2.75, 3.05) is 5.75 Å². The van der Waals surface area contributed by atoms with Gasteiger partial charge in [0.25, 0.3) is 11.4 Å². The van der Waals surface area contributed by atoms with Crippen LogP contribution in [-0.2, 0) is 0 Å². The van der Waals surface area contributed by atoms with Crippen molar-refractivity contribution >= 4 is 23.1 Å². The standard InChI is InChI=1S/C18H28N2O4S/c1-2-3-4-5-6-7-8-9-10-11-14-25-18-13-12-16(19(21)22)15-17(18)20(23)24/h12-13,15H,2-11,14H2,1H3. The quantitative estimate of drug-likeness (QED) is 0.161. The van der Waals surface area contributed by atoms with Crippen LogP contribution in [-0.4, -0.2) is 15.6 Å². The van der Waals surface area contributed by atoms with Gasteiger partial charge in [-0.15, -0.1) is 11.8 Å². The second-order valence-corrected chi connectivity index (χ2v) is 7.33. The highest BCUT2D eigenvalue weighted by Gasteiger charge is 2.19. The van der Waals surface area contributed by atoms with E-state index in [0.717, 1.165) is 24.7 Å². The second-order valence-electron chi connectivity index (χ2n) is 6.20. The van der Waals surface area contributed by atoms with Crippen molar-refractivity contribution in [1.82, 2.24) is 0 Å². The van der Waals surface area contributed by atoms with E-state index in [2.05, 4.69) is 6.92 Å². The van der Waals surface area contributed by atoms with Crippen molar-refractivity contribution in [2.24, 2.45) is 0 Å². The summed E-state index contributed by atoms with van der Waals surface area (Å²) in [6.45, 7) is 2.23. The molecule has 1 aromatic carbocycles. The molecule has 6 nitrogen and oxygen atoms in total. The Balaban J connectivity index is 2.21. The number of non-ortho nitro benzene ring substituents is 1. The number of nitrogens with zero attached hydrogens (tertiary/aromatic N) is 2. The molecule has 0 aliphatic heterocycles. The number of rotatable bonds is 14. The molecule has 0 spiro atoms. The molecule has 0 aliphatic carbocycles. The van der Waals surface area contributed by atoms with Crippen molar-refractivity contribution in [1.29, 1.82) is 0 Å². The number of benzene rings is 1. The smallest absolute Gasteiger partial charge is 0.258 e. The Hall–Kier alpha value is -1.63. The van der Waals surface area contributed by atoms with Crippen LogP contribution in [0, 0.1) is 20.2 Å². The molecule has 0 fully saturated rings. The summed E-state index contributed by atoms with van der Waals surface area (Å²) in [5, 5.41) is 21.8. The molecule has 0 radical (unpaired) electrons. The maximum Gasteiger partial charge on any atom is 0.289 e. The molecular weight excluding hydrogens is 340 g/mol. The van der Waals surface area contributed by atoms with Crippen LogP contribution >= 0.6 is 11.8 Å². The van der Waals surface area contributed by atoms with E-state index >= 15 is 0 Å². The van der Waals surface area contributed by atoms with Crippen LogP contribution in [0.4, 0.5) is 11.4 Å². The Labute approximate surface area is 153 Å². The number of hydrogen-bond acceptors (Lipinski definition) is 5. The Bertz CT molecular complexity index is 552. The minimum Gasteiger partial charge on any atom is -0.258 e. The normalized spacial score (nSPS) is 10.8. The van der Waals surface area contributed by atoms with E-state index in [4.69, 9.17) is 0 Å². The zero-order chi connectivity index (χ0) is 18.5. The third kappa shape index (κ3) is 8.86. The third-order valence-corrected chi connectivity index (χ3v) is 5.25. The first-order valence-electron chi connectivity index (χ1n) is 9.12. The first-order valence-corrected chi connectivity index (χ1v) is 10.1. The van der Waals surface area contributed by atoms with Crippen molar-refractivity contribution in [2.45, 2.75) is 76.0 Å². The van der Waals surface area contributed by atoms with Crippen molar-refractivity contribution < 1.29 is 9.85 Å². The number of hydrogen-bond donors (Lipinski definition) is 0. The lowest BCUT2D eigenvalue weighted by molar-refractivity contribution is -0.396. The van der Waals surface area contributed by atoms with Gasteiger partial charge in [0.2, 0.25) is 0 Å². The van der Waals surface area contributed by atoms with Crippen molar-refractivity contribution in [3.8, 4) is 0 Å². The van der Waals surface area contributed by atoms with Crippen molar-refractivity contribution in [3.63, 3.8) is 0 Å². The summed E-state index contributed by atoms with van der Waals surface area (Å²) in [4.78, 5) is 21.1. The molecule has 7 heteroatoms. The summed E-state index contributed by atoms with van der Waals surface area (Å²) in [5.41, 5.74) is -0.415. The number of thioether (sulfide) groups is 1. The van der Waals surface area contributed by atoms with Gasteiger partial charge < -0.3 is 0 Å². The molecule has 0 atom stereocenters. The minimum absolute atomic E-state index is 0.175. The Morgan fingerprint density at radius 3 is 1.92 bits per heavy atom. The van der Waals surface area contributed by atoms with Crippen molar-refractivity contribution in [3.05, 3.63) is 38.4 Å². The fraction of sp³-hybridized carbons (Fsp3) is 0.667. The molecule has 0 aliphatic rings. The first kappa shape index (κ1) is 21.4. The molecule has 25 heavy (non-hydrogen) atoms. The maximum absolute atomic E-state index is 11.1. The van der Waals surface area contributed by atoms with E-state index in [1.807, 2.05) is 0 Å². The van der Waals surface area contributed by atoms with Gasteiger partial charge in [0, 0.05) is 6.07 Å². The van der Waals surface area contributed by atoms with E-state index in [1.165, 1.54) is 75.3 Å². The molecule has 1 rings (SSSR count). The zero-order valence-electron chi connectivity index (χ0n) is 14.9. The number of unbranched alkanes of at least 4 members (excludes halogenated alkanes) is 9. The van der Waals surface area contributed by atoms with Crippen LogP contribution in [0.1, 0.15) is 71.1 Å². The maximum atomic E-state index is 11.1. The molecule has 140 valence electrons. The third-order valence-electron chi connectivity index (χ3n) is 4.11. The zero-order valence-corrected chi connectivity index (χ0v) is 15.8. The van der Waals surface area contributed by atoms with Gasteiger partial charge in [0.15, 0.2) is 0 Å². The van der Waals surface area contributed by atoms with Crippen LogP contribution in [0.3, 0.4) is 0 Å². The van der Waals surface area contributed by atoms with E-state index in [9.17, 15) is 20.2 Å². The summed E-state index contributed by atoms with van der Waals surface area (Å²) >= 11 is 1.41. The van der Waals surface area contributed by atoms with E-state index in [0.29, 0.717) is 4.90 Å². The monoisotopic (exact) mass is 368 g/mol. The SMILES string of the molecule is CCCCCCCCCCCCSc1ccc([N+](=O)[O-])cc1[N+](=O)[O-]. The molecule has 0 bridgehead atoms. The van der Waals surface area contributed by atoms with Gasteiger partial charge >= 0.3 is 0 Å². The van der Waals surface area contributed by atoms with Gasteiger partial charge in [0.05, 0.1) is 20.8 Å².